The van der Waals surface area contributed by atoms with Crippen molar-refractivity contribution in [3.63, 3.8) is 0 Å². The van der Waals surface area contributed by atoms with Crippen molar-refractivity contribution in [1.82, 2.24) is 14.8 Å². The van der Waals surface area contributed by atoms with E-state index in [0.29, 0.717) is 23.1 Å². The van der Waals surface area contributed by atoms with Crippen molar-refractivity contribution in [3.05, 3.63) is 50.4 Å². The van der Waals surface area contributed by atoms with E-state index in [1.165, 1.54) is 16.7 Å². The van der Waals surface area contributed by atoms with Crippen molar-refractivity contribution in [3.8, 4) is 6.19 Å². The summed E-state index contributed by atoms with van der Waals surface area (Å²) >= 11 is 8.65. The Morgan fingerprint density at radius 3 is 2.86 bits per heavy atom. The zero-order valence-electron chi connectivity index (χ0n) is 14.7. The van der Waals surface area contributed by atoms with Crippen LogP contribution in [0.5, 0.6) is 0 Å². The predicted molar refractivity (Wildman–Crippen MR) is 110 cm³/mol. The number of aromatic nitrogens is 1. The molecule has 2 aliphatic rings. The van der Waals surface area contributed by atoms with Crippen LogP contribution in [-0.4, -0.2) is 55.9 Å². The van der Waals surface area contributed by atoms with Crippen molar-refractivity contribution in [2.75, 3.05) is 24.6 Å². The van der Waals surface area contributed by atoms with Gasteiger partial charge in [-0.15, -0.1) is 16.8 Å². The first kappa shape index (κ1) is 22.0. The van der Waals surface area contributed by atoms with Crippen LogP contribution in [0.25, 0.3) is 0 Å². The Labute approximate surface area is 175 Å². The van der Waals surface area contributed by atoms with E-state index in [1.807, 2.05) is 12.3 Å². The molecule has 28 heavy (non-hydrogen) atoms. The standard InChI is InChI=1S/C10H9ClN4S.C6H8N2O3S/c11-9-2-1-8(5-13-9)6-15-3-4-16-10(15)14-7-12;9-5-7-2-1-3-12-6(7)4-8(10)11/h1-2,5H,3-4,6H2;4-5H,1-3H2/b14-10+;6-4-. The molecule has 0 spiro atoms. The van der Waals surface area contributed by atoms with Gasteiger partial charge in [-0.05, 0) is 18.1 Å². The maximum atomic E-state index is 10.4. The van der Waals surface area contributed by atoms with Gasteiger partial charge in [-0.3, -0.25) is 14.9 Å². The fourth-order valence-electron chi connectivity index (χ4n) is 2.36. The molecular weight excluding hydrogens is 424 g/mol. The monoisotopic (exact) mass is 440 g/mol. The highest BCUT2D eigenvalue weighted by Crippen LogP contribution is 2.25. The molecule has 3 heterocycles. The van der Waals surface area contributed by atoms with Gasteiger partial charge in [-0.2, -0.15) is 5.26 Å². The quantitative estimate of drug-likeness (QED) is 0.231. The number of nitro groups is 1. The first-order valence-electron chi connectivity index (χ1n) is 8.18. The minimum Gasteiger partial charge on any atom is -0.345 e. The van der Waals surface area contributed by atoms with E-state index >= 15 is 0 Å². The molecule has 0 radical (unpaired) electrons. The number of nitriles is 1. The van der Waals surface area contributed by atoms with Gasteiger partial charge >= 0.3 is 0 Å². The minimum absolute atomic E-state index is 0.432. The van der Waals surface area contributed by atoms with E-state index in [-0.39, 0.29) is 0 Å². The van der Waals surface area contributed by atoms with Crippen LogP contribution < -0.4 is 0 Å². The lowest BCUT2D eigenvalue weighted by atomic mass is 10.3. The zero-order chi connectivity index (χ0) is 20.4. The summed E-state index contributed by atoms with van der Waals surface area (Å²) in [5, 5.41) is 20.4. The molecule has 0 aliphatic carbocycles. The smallest absolute Gasteiger partial charge is 0.264 e. The SMILES string of the molecule is N#C/N=C1/SCCN1Cc1ccc(Cl)nc1.O=CN1CCCS/C1=C\[N+](=O)[O-]. The molecule has 2 saturated heterocycles. The highest BCUT2D eigenvalue weighted by Gasteiger charge is 2.19. The number of amidine groups is 1. The third kappa shape index (κ3) is 7.03. The Hall–Kier alpha value is -2.29. The van der Waals surface area contributed by atoms with Crippen LogP contribution in [0.2, 0.25) is 5.15 Å². The van der Waals surface area contributed by atoms with E-state index < -0.39 is 4.92 Å². The Balaban J connectivity index is 0.000000209. The summed E-state index contributed by atoms with van der Waals surface area (Å²) < 4.78 is 0. The molecule has 0 aromatic carbocycles. The summed E-state index contributed by atoms with van der Waals surface area (Å²) in [6.07, 6.45) is 5.96. The Morgan fingerprint density at radius 1 is 1.39 bits per heavy atom. The highest BCUT2D eigenvalue weighted by molar-refractivity contribution is 8.14. The molecular formula is C16H17ClN6O3S2. The number of carbonyl (C=O) groups excluding carboxylic acids is 1. The summed E-state index contributed by atoms with van der Waals surface area (Å²) in [5.74, 6) is 1.81. The van der Waals surface area contributed by atoms with Crippen LogP contribution in [0.3, 0.4) is 0 Å². The Morgan fingerprint density at radius 2 is 2.21 bits per heavy atom. The summed E-state index contributed by atoms with van der Waals surface area (Å²) in [4.78, 5) is 31.2. The van der Waals surface area contributed by atoms with Crippen LogP contribution in [0.1, 0.15) is 12.0 Å². The predicted octanol–water partition coefficient (Wildman–Crippen LogP) is 2.78. The zero-order valence-corrected chi connectivity index (χ0v) is 17.1. The Bertz CT molecular complexity index is 797. The molecule has 0 unspecified atom stereocenters. The van der Waals surface area contributed by atoms with Gasteiger partial charge in [-0.25, -0.2) is 4.98 Å². The average Bonchev–Trinajstić information content (AvgIpc) is 3.11. The van der Waals surface area contributed by atoms with Gasteiger partial charge in [0.2, 0.25) is 12.6 Å². The largest absolute Gasteiger partial charge is 0.345 e. The molecule has 1 aromatic heterocycles. The number of hydrogen-bond donors (Lipinski definition) is 0. The normalized spacial score (nSPS) is 19.1. The molecule has 0 atom stereocenters. The van der Waals surface area contributed by atoms with Crippen LogP contribution in [-0.2, 0) is 11.3 Å². The van der Waals surface area contributed by atoms with Crippen LogP contribution in [0.4, 0.5) is 0 Å². The fourth-order valence-corrected chi connectivity index (χ4v) is 4.35. The number of carbonyl (C=O) groups is 1. The van der Waals surface area contributed by atoms with Gasteiger partial charge in [0, 0.05) is 37.3 Å². The molecule has 0 N–H and O–H groups in total. The molecule has 3 rings (SSSR count). The second-order valence-electron chi connectivity index (χ2n) is 5.51. The summed E-state index contributed by atoms with van der Waals surface area (Å²) in [7, 11) is 0. The Kier molecular flexibility index (Phi) is 9.06. The summed E-state index contributed by atoms with van der Waals surface area (Å²) in [5.41, 5.74) is 1.07. The van der Waals surface area contributed by atoms with E-state index in [9.17, 15) is 14.9 Å². The van der Waals surface area contributed by atoms with Gasteiger partial charge in [0.25, 0.3) is 6.20 Å². The number of hydrogen-bond acceptors (Lipinski definition) is 8. The molecule has 2 fully saturated rings. The molecule has 1 aromatic rings. The molecule has 0 saturated carbocycles. The molecule has 12 heteroatoms. The van der Waals surface area contributed by atoms with Crippen LogP contribution in [0.15, 0.2) is 34.6 Å². The van der Waals surface area contributed by atoms with E-state index in [1.54, 1.807) is 24.0 Å². The van der Waals surface area contributed by atoms with Crippen molar-refractivity contribution in [2.45, 2.75) is 13.0 Å². The van der Waals surface area contributed by atoms with Crippen molar-refractivity contribution in [2.24, 2.45) is 4.99 Å². The topological polar surface area (TPSA) is 116 Å². The fraction of sp³-hybridized carbons (Fsp3) is 0.375. The lowest BCUT2D eigenvalue weighted by Crippen LogP contribution is -2.25. The van der Waals surface area contributed by atoms with E-state index in [0.717, 1.165) is 47.9 Å². The van der Waals surface area contributed by atoms with Gasteiger partial charge in [0.05, 0.1) is 4.92 Å². The summed E-state index contributed by atoms with van der Waals surface area (Å²) in [6.45, 7) is 2.21. The molecule has 2 aliphatic heterocycles. The van der Waals surface area contributed by atoms with Crippen molar-refractivity contribution < 1.29 is 9.72 Å². The first-order chi connectivity index (χ1) is 13.5. The van der Waals surface area contributed by atoms with Gasteiger partial charge in [-0.1, -0.05) is 29.4 Å². The highest BCUT2D eigenvalue weighted by atomic mass is 35.5. The number of pyridine rings is 1. The maximum absolute atomic E-state index is 10.4. The number of nitrogens with zero attached hydrogens (tertiary/aromatic N) is 6. The van der Waals surface area contributed by atoms with E-state index in [4.69, 9.17) is 16.9 Å². The number of amides is 1. The molecule has 148 valence electrons. The third-order valence-electron chi connectivity index (χ3n) is 3.59. The van der Waals surface area contributed by atoms with Crippen molar-refractivity contribution >= 4 is 46.7 Å². The molecule has 1 amide bonds. The molecule has 9 nitrogen and oxygen atoms in total. The second-order valence-corrected chi connectivity index (χ2v) is 8.07. The van der Waals surface area contributed by atoms with Gasteiger partial charge < -0.3 is 9.80 Å². The first-order valence-corrected chi connectivity index (χ1v) is 10.5. The number of halogens is 1. The third-order valence-corrected chi connectivity index (χ3v) is 5.94. The lowest BCUT2D eigenvalue weighted by molar-refractivity contribution is -0.403. The number of thioether (sulfide) groups is 2. The molecule has 0 bridgehead atoms. The minimum atomic E-state index is -0.538. The van der Waals surface area contributed by atoms with Gasteiger partial charge in [0.1, 0.15) is 10.2 Å². The van der Waals surface area contributed by atoms with Gasteiger partial charge in [0.15, 0.2) is 5.17 Å². The maximum Gasteiger partial charge on any atom is 0.264 e. The van der Waals surface area contributed by atoms with E-state index in [2.05, 4.69) is 14.9 Å². The summed E-state index contributed by atoms with van der Waals surface area (Å²) in [6, 6.07) is 3.70. The number of aliphatic imine (C=N–C) groups is 1. The van der Waals surface area contributed by atoms with Crippen molar-refractivity contribution in [1.29, 1.82) is 5.26 Å². The van der Waals surface area contributed by atoms with Crippen LogP contribution in [0, 0.1) is 21.6 Å². The average molecular weight is 441 g/mol. The second kappa shape index (κ2) is 11.5. The van der Waals surface area contributed by atoms with Crippen LogP contribution >= 0.6 is 35.1 Å². The number of rotatable bonds is 4. The lowest BCUT2D eigenvalue weighted by Gasteiger charge is -2.22.